The molecule has 0 N–H and O–H groups in total. The number of rotatable bonds is 5. The monoisotopic (exact) mass is 546 g/mol. The van der Waals surface area contributed by atoms with Crippen molar-refractivity contribution in [1.29, 1.82) is 0 Å². The summed E-state index contributed by atoms with van der Waals surface area (Å²) in [5, 5.41) is 2.68. The molecule has 7 rings (SSSR count). The molecular formula is C37H39O2P. The molecule has 2 atom stereocenters. The van der Waals surface area contributed by atoms with Crippen LogP contribution >= 0.6 is 8.01 Å². The second-order valence-electron chi connectivity index (χ2n) is 11.9. The van der Waals surface area contributed by atoms with Gasteiger partial charge in [0.25, 0.3) is 0 Å². The van der Waals surface area contributed by atoms with Gasteiger partial charge in [-0.2, -0.15) is 0 Å². The first-order valence-corrected chi connectivity index (χ1v) is 16.5. The third kappa shape index (κ3) is 4.61. The molecular weight excluding hydrogens is 507 g/mol. The third-order valence-corrected chi connectivity index (χ3v) is 11.7. The van der Waals surface area contributed by atoms with Gasteiger partial charge in [-0.1, -0.05) is 86.6 Å². The molecule has 40 heavy (non-hydrogen) atoms. The van der Waals surface area contributed by atoms with Gasteiger partial charge in [0, 0.05) is 10.8 Å². The van der Waals surface area contributed by atoms with Crippen LogP contribution in [0.15, 0.2) is 93.3 Å². The number of fused-ring (bicyclic) bond motifs is 7. The highest BCUT2D eigenvalue weighted by Gasteiger charge is 2.33. The van der Waals surface area contributed by atoms with E-state index in [0.717, 1.165) is 24.0 Å². The normalized spacial score (nSPS) is 16.5. The maximum atomic E-state index is 7.19. The molecule has 0 amide bonds. The molecule has 0 saturated heterocycles. The van der Waals surface area contributed by atoms with Crippen LogP contribution in [-0.4, -0.2) is 0 Å². The average molecular weight is 547 g/mol. The van der Waals surface area contributed by atoms with Crippen molar-refractivity contribution in [2.75, 3.05) is 0 Å². The van der Waals surface area contributed by atoms with Gasteiger partial charge >= 0.3 is 0 Å². The van der Waals surface area contributed by atoms with Gasteiger partial charge in [-0.15, -0.1) is 0 Å². The zero-order chi connectivity index (χ0) is 27.1. The Morgan fingerprint density at radius 2 is 0.950 bits per heavy atom. The van der Waals surface area contributed by atoms with E-state index < -0.39 is 8.01 Å². The molecule has 4 aromatic carbocycles. The molecule has 1 heterocycles. The van der Waals surface area contributed by atoms with Crippen LogP contribution in [-0.2, 0) is 25.7 Å². The van der Waals surface area contributed by atoms with Crippen molar-refractivity contribution in [3.8, 4) is 0 Å². The van der Waals surface area contributed by atoms with Crippen LogP contribution < -0.4 is 0 Å². The molecule has 0 spiro atoms. The van der Waals surface area contributed by atoms with Gasteiger partial charge in [0.15, 0.2) is 0 Å². The summed E-state index contributed by atoms with van der Waals surface area (Å²) >= 11 is 0. The Morgan fingerprint density at radius 3 is 1.40 bits per heavy atom. The quantitative estimate of drug-likeness (QED) is 0.219. The Hall–Kier alpha value is -3.22. The minimum absolute atomic E-state index is 0.172. The van der Waals surface area contributed by atoms with Crippen molar-refractivity contribution < 1.29 is 8.39 Å². The first-order valence-electron chi connectivity index (χ1n) is 15.2. The van der Waals surface area contributed by atoms with Gasteiger partial charge in [-0.25, -0.2) is 0 Å². The lowest BCUT2D eigenvalue weighted by Crippen LogP contribution is -2.10. The van der Waals surface area contributed by atoms with Crippen molar-refractivity contribution in [1.82, 2.24) is 0 Å². The highest BCUT2D eigenvalue weighted by molar-refractivity contribution is 7.37. The molecule has 2 nitrogen and oxygen atoms in total. The minimum Gasteiger partial charge on any atom is -0.419 e. The molecule has 3 heteroatoms. The van der Waals surface area contributed by atoms with Crippen molar-refractivity contribution in [2.45, 2.75) is 82.7 Å². The first kappa shape index (κ1) is 25.7. The lowest BCUT2D eigenvalue weighted by atomic mass is 9.84. The molecule has 0 aliphatic heterocycles. The summed E-state index contributed by atoms with van der Waals surface area (Å²) in [5.74, 6) is 0.533. The van der Waals surface area contributed by atoms with Crippen molar-refractivity contribution in [3.05, 3.63) is 118 Å². The van der Waals surface area contributed by atoms with Crippen molar-refractivity contribution in [2.24, 2.45) is 0 Å². The molecule has 2 aliphatic rings. The van der Waals surface area contributed by atoms with Gasteiger partial charge in [0.05, 0.1) is 5.66 Å². The van der Waals surface area contributed by atoms with E-state index in [1.165, 1.54) is 82.7 Å². The summed E-state index contributed by atoms with van der Waals surface area (Å²) in [6.07, 6.45) is 9.66. The summed E-state index contributed by atoms with van der Waals surface area (Å²) in [5.41, 5.74) is 10.9. The Bertz CT molecular complexity index is 1560. The van der Waals surface area contributed by atoms with Gasteiger partial charge < -0.3 is 8.39 Å². The van der Waals surface area contributed by atoms with Crippen molar-refractivity contribution >= 4 is 30.0 Å². The van der Waals surface area contributed by atoms with Crippen LogP contribution in [0.4, 0.5) is 0 Å². The predicted octanol–water partition coefficient (Wildman–Crippen LogP) is 11.2. The van der Waals surface area contributed by atoms with Gasteiger partial charge in [-0.05, 0) is 109 Å². The smallest absolute Gasteiger partial charge is 0.221 e. The molecule has 0 fully saturated rings. The van der Waals surface area contributed by atoms with E-state index in [1.54, 1.807) is 0 Å². The number of hydrogen-bond donors (Lipinski definition) is 0. The fraction of sp³-hybridized carbons (Fsp3) is 0.351. The Morgan fingerprint density at radius 1 is 0.525 bits per heavy atom. The Labute approximate surface area is 239 Å². The molecule has 0 unspecified atom stereocenters. The minimum atomic E-state index is -1.29. The molecule has 1 aromatic heterocycles. The van der Waals surface area contributed by atoms with Gasteiger partial charge in [-0.3, -0.25) is 0 Å². The summed E-state index contributed by atoms with van der Waals surface area (Å²) in [6.45, 7) is 4.72. The number of benzene rings is 4. The van der Waals surface area contributed by atoms with E-state index in [4.69, 9.17) is 8.39 Å². The molecule has 0 radical (unpaired) electrons. The highest BCUT2D eigenvalue weighted by Crippen LogP contribution is 2.56. The SMILES string of the molecule is C[C@H](c1ccccc1)C([C@H](C)c1ccccc1)p1oc2ccc3c(c2c2c4c(ccc2o1)CCCC4)CCCC3. The average Bonchev–Trinajstić information content (AvgIpc) is 3.19. The van der Waals surface area contributed by atoms with Crippen LogP contribution in [0.1, 0.15) is 90.4 Å². The Balaban J connectivity index is 1.54. The maximum Gasteiger partial charge on any atom is 0.221 e. The van der Waals surface area contributed by atoms with Crippen LogP contribution in [0.25, 0.3) is 21.9 Å². The van der Waals surface area contributed by atoms with Crippen LogP contribution in [0.2, 0.25) is 0 Å². The largest absolute Gasteiger partial charge is 0.419 e. The second kappa shape index (κ2) is 11.0. The topological polar surface area (TPSA) is 26.3 Å². The lowest BCUT2D eigenvalue weighted by Gasteiger charge is -2.28. The van der Waals surface area contributed by atoms with Crippen LogP contribution in [0, 0.1) is 0 Å². The fourth-order valence-electron chi connectivity index (χ4n) is 7.35. The van der Waals surface area contributed by atoms with Crippen LogP contribution in [0.3, 0.4) is 0 Å². The highest BCUT2D eigenvalue weighted by atomic mass is 31.1. The molecule has 5 aromatic rings. The zero-order valence-corrected chi connectivity index (χ0v) is 24.6. The van der Waals surface area contributed by atoms with E-state index in [1.807, 2.05) is 0 Å². The predicted molar refractivity (Wildman–Crippen MR) is 168 cm³/mol. The standard InChI is InChI=1S/C37H39O2P/c1-25(27-13-5-3-6-14-27)37(26(2)28-15-7-4-8-16-28)40-38-33-23-21-29-17-9-11-19-31(29)35(33)36-32-20-12-10-18-30(32)22-24-34(36)39-40/h3-8,13-16,21-26,37H,9-12,17-20H2,1-2H3/t25-,26-/m1/s1. The summed E-state index contributed by atoms with van der Waals surface area (Å²) < 4.78 is 14.4. The Kier molecular flexibility index (Phi) is 7.06. The van der Waals surface area contributed by atoms with E-state index in [0.29, 0.717) is 0 Å². The molecule has 204 valence electrons. The van der Waals surface area contributed by atoms with E-state index in [-0.39, 0.29) is 17.5 Å². The lowest BCUT2D eigenvalue weighted by molar-refractivity contribution is 0.513. The third-order valence-electron chi connectivity index (χ3n) is 9.53. The van der Waals surface area contributed by atoms with E-state index >= 15 is 0 Å². The van der Waals surface area contributed by atoms with Crippen molar-refractivity contribution in [3.63, 3.8) is 0 Å². The number of aryl methyl sites for hydroxylation is 4. The second-order valence-corrected chi connectivity index (χ2v) is 13.5. The molecule has 0 saturated carbocycles. The summed E-state index contributed by atoms with van der Waals surface area (Å²) in [7, 11) is -1.29. The molecule has 0 bridgehead atoms. The summed E-state index contributed by atoms with van der Waals surface area (Å²) in [4.78, 5) is 0. The maximum absolute atomic E-state index is 7.19. The first-order chi connectivity index (χ1) is 19.7. The zero-order valence-electron chi connectivity index (χ0n) is 23.7. The fourth-order valence-corrected chi connectivity index (χ4v) is 9.40. The van der Waals surface area contributed by atoms with Crippen LogP contribution in [0.5, 0.6) is 0 Å². The summed E-state index contributed by atoms with van der Waals surface area (Å²) in [6, 6.07) is 31.1. The number of hydrogen-bond acceptors (Lipinski definition) is 2. The van der Waals surface area contributed by atoms with Gasteiger partial charge in [0.1, 0.15) is 11.2 Å². The van der Waals surface area contributed by atoms with E-state index in [9.17, 15) is 0 Å². The van der Waals surface area contributed by atoms with Gasteiger partial charge in [0.2, 0.25) is 8.01 Å². The van der Waals surface area contributed by atoms with E-state index in [2.05, 4.69) is 98.8 Å². The molecule has 2 aliphatic carbocycles.